The first-order valence-electron chi connectivity index (χ1n) is 6.92. The smallest absolute Gasteiger partial charge is 0.112 e. The topological polar surface area (TPSA) is 20.2 Å². The second kappa shape index (κ2) is 5.80. The lowest BCUT2D eigenvalue weighted by Crippen LogP contribution is -2.01. The molecule has 3 rings (SSSR count). The van der Waals surface area contributed by atoms with Gasteiger partial charge in [-0.2, -0.15) is 0 Å². The van der Waals surface area contributed by atoms with E-state index in [1.54, 1.807) is 0 Å². The number of benzene rings is 3. The summed E-state index contributed by atoms with van der Waals surface area (Å²) in [5.41, 5.74) is 5.41. The second-order valence-electron chi connectivity index (χ2n) is 4.93. The maximum atomic E-state index is 10.8. The Kier molecular flexibility index (Phi) is 3.70. The molecule has 1 atom stereocenters. The van der Waals surface area contributed by atoms with E-state index in [0.29, 0.717) is 5.57 Å². The molecule has 0 saturated carbocycles. The number of hydrogen-bond donors (Lipinski definition) is 1. The van der Waals surface area contributed by atoms with Crippen molar-refractivity contribution in [1.82, 2.24) is 0 Å². The minimum Gasteiger partial charge on any atom is -0.383 e. The summed E-state index contributed by atoms with van der Waals surface area (Å²) in [7, 11) is 0. The predicted octanol–water partition coefficient (Wildman–Crippen LogP) is 4.74. The molecule has 21 heavy (non-hydrogen) atoms. The van der Waals surface area contributed by atoms with Gasteiger partial charge in [-0.25, -0.2) is 0 Å². The summed E-state index contributed by atoms with van der Waals surface area (Å²) in [5.74, 6) is 0. The molecule has 1 N–H and O–H groups in total. The lowest BCUT2D eigenvalue weighted by molar-refractivity contribution is 0.240. The standard InChI is InChI=1S/C20H16O/c1-2-17(15-9-4-3-5-10-15)20(21)19-14-8-12-16-11-6-7-13-18(16)19/h3-14,20-21H,1H2. The summed E-state index contributed by atoms with van der Waals surface area (Å²) in [4.78, 5) is 0. The molecule has 0 amide bonds. The molecule has 0 aliphatic carbocycles. The summed E-state index contributed by atoms with van der Waals surface area (Å²) in [5, 5.41) is 13.0. The van der Waals surface area contributed by atoms with Crippen LogP contribution in [0.2, 0.25) is 0 Å². The number of rotatable bonds is 3. The Balaban J connectivity index is 2.12. The van der Waals surface area contributed by atoms with Crippen molar-refractivity contribution in [3.05, 3.63) is 96.2 Å². The van der Waals surface area contributed by atoms with Crippen molar-refractivity contribution in [3.8, 4) is 0 Å². The van der Waals surface area contributed by atoms with E-state index < -0.39 is 6.10 Å². The van der Waals surface area contributed by atoms with Crippen LogP contribution in [0.15, 0.2) is 85.1 Å². The van der Waals surface area contributed by atoms with Crippen molar-refractivity contribution in [1.29, 1.82) is 0 Å². The van der Waals surface area contributed by atoms with Gasteiger partial charge in [0.25, 0.3) is 0 Å². The highest BCUT2D eigenvalue weighted by Gasteiger charge is 2.16. The molecule has 0 spiro atoms. The van der Waals surface area contributed by atoms with Crippen molar-refractivity contribution in [2.45, 2.75) is 6.10 Å². The molecule has 1 heteroatoms. The Morgan fingerprint density at radius 1 is 0.857 bits per heavy atom. The Morgan fingerprint density at radius 3 is 2.29 bits per heavy atom. The van der Waals surface area contributed by atoms with Crippen LogP contribution in [0.4, 0.5) is 0 Å². The van der Waals surface area contributed by atoms with Crippen molar-refractivity contribution < 1.29 is 5.11 Å². The van der Waals surface area contributed by atoms with Gasteiger partial charge < -0.3 is 5.11 Å². The highest BCUT2D eigenvalue weighted by atomic mass is 16.3. The molecule has 1 nitrogen and oxygen atoms in total. The van der Waals surface area contributed by atoms with Crippen molar-refractivity contribution in [2.24, 2.45) is 0 Å². The zero-order chi connectivity index (χ0) is 14.7. The average Bonchev–Trinajstić information content (AvgIpc) is 2.56. The van der Waals surface area contributed by atoms with Crippen LogP contribution in [0.5, 0.6) is 0 Å². The fourth-order valence-electron chi connectivity index (χ4n) is 2.62. The number of aliphatic hydroxyl groups is 1. The summed E-state index contributed by atoms with van der Waals surface area (Å²) >= 11 is 0. The van der Waals surface area contributed by atoms with Crippen molar-refractivity contribution in [2.75, 3.05) is 0 Å². The first-order valence-corrected chi connectivity index (χ1v) is 6.92. The van der Waals surface area contributed by atoms with Gasteiger partial charge in [-0.3, -0.25) is 0 Å². The van der Waals surface area contributed by atoms with Crippen LogP contribution in [-0.4, -0.2) is 5.11 Å². The Morgan fingerprint density at radius 2 is 1.52 bits per heavy atom. The minimum absolute atomic E-state index is 0.701. The third-order valence-corrected chi connectivity index (χ3v) is 3.67. The van der Waals surface area contributed by atoms with Crippen LogP contribution in [0.25, 0.3) is 16.3 Å². The quantitative estimate of drug-likeness (QED) is 0.683. The fourth-order valence-corrected chi connectivity index (χ4v) is 2.62. The van der Waals surface area contributed by atoms with Crippen LogP contribution in [0.1, 0.15) is 17.2 Å². The van der Waals surface area contributed by atoms with Crippen LogP contribution < -0.4 is 0 Å². The number of fused-ring (bicyclic) bond motifs is 1. The fraction of sp³-hybridized carbons (Fsp3) is 0.0500. The van der Waals surface area contributed by atoms with Gasteiger partial charge in [-0.1, -0.05) is 79.4 Å². The lowest BCUT2D eigenvalue weighted by atomic mass is 9.92. The van der Waals surface area contributed by atoms with E-state index >= 15 is 0 Å². The van der Waals surface area contributed by atoms with Crippen molar-refractivity contribution in [3.63, 3.8) is 0 Å². The number of hydrogen-bond acceptors (Lipinski definition) is 1. The zero-order valence-electron chi connectivity index (χ0n) is 11.7. The maximum absolute atomic E-state index is 10.8. The average molecular weight is 272 g/mol. The van der Waals surface area contributed by atoms with Gasteiger partial charge in [0.15, 0.2) is 0 Å². The molecule has 3 aromatic carbocycles. The van der Waals surface area contributed by atoms with Gasteiger partial charge in [0, 0.05) is 5.57 Å². The molecular weight excluding hydrogens is 256 g/mol. The van der Waals surface area contributed by atoms with E-state index in [0.717, 1.165) is 21.9 Å². The highest BCUT2D eigenvalue weighted by molar-refractivity contribution is 5.88. The van der Waals surface area contributed by atoms with Crippen LogP contribution in [0, 0.1) is 0 Å². The summed E-state index contributed by atoms with van der Waals surface area (Å²) < 4.78 is 0. The molecule has 102 valence electrons. The molecular formula is C20H16O. The SMILES string of the molecule is C=C=C(c1ccccc1)C(O)c1cccc2ccccc12. The van der Waals surface area contributed by atoms with E-state index in [2.05, 4.69) is 12.3 Å². The van der Waals surface area contributed by atoms with Crippen LogP contribution >= 0.6 is 0 Å². The van der Waals surface area contributed by atoms with Gasteiger partial charge in [0.2, 0.25) is 0 Å². The van der Waals surface area contributed by atoms with Gasteiger partial charge in [0.1, 0.15) is 6.10 Å². The summed E-state index contributed by atoms with van der Waals surface area (Å²) in [6.45, 7) is 3.74. The first kappa shape index (κ1) is 13.4. The van der Waals surface area contributed by atoms with E-state index in [1.807, 2.05) is 72.8 Å². The van der Waals surface area contributed by atoms with E-state index in [-0.39, 0.29) is 0 Å². The minimum atomic E-state index is -0.740. The van der Waals surface area contributed by atoms with E-state index in [4.69, 9.17) is 0 Å². The molecule has 0 radical (unpaired) electrons. The first-order chi connectivity index (χ1) is 10.3. The largest absolute Gasteiger partial charge is 0.383 e. The van der Waals surface area contributed by atoms with Crippen LogP contribution in [-0.2, 0) is 0 Å². The van der Waals surface area contributed by atoms with Gasteiger partial charge in [-0.05, 0) is 21.9 Å². The molecule has 0 aromatic heterocycles. The van der Waals surface area contributed by atoms with E-state index in [1.165, 1.54) is 0 Å². The third-order valence-electron chi connectivity index (χ3n) is 3.67. The van der Waals surface area contributed by atoms with Crippen LogP contribution in [0.3, 0.4) is 0 Å². The monoisotopic (exact) mass is 272 g/mol. The Labute approximate surface area is 124 Å². The Bertz CT molecular complexity index is 806. The van der Waals surface area contributed by atoms with Gasteiger partial charge >= 0.3 is 0 Å². The highest BCUT2D eigenvalue weighted by Crippen LogP contribution is 2.33. The molecule has 1 unspecified atom stereocenters. The normalized spacial score (nSPS) is 11.9. The van der Waals surface area contributed by atoms with Gasteiger partial charge in [0.05, 0.1) is 0 Å². The maximum Gasteiger partial charge on any atom is 0.112 e. The molecule has 3 aromatic rings. The number of aliphatic hydroxyl groups excluding tert-OH is 1. The molecule has 0 bridgehead atoms. The summed E-state index contributed by atoms with van der Waals surface area (Å²) in [6, 6.07) is 23.8. The lowest BCUT2D eigenvalue weighted by Gasteiger charge is -2.16. The molecule has 0 fully saturated rings. The van der Waals surface area contributed by atoms with E-state index in [9.17, 15) is 5.11 Å². The predicted molar refractivity (Wildman–Crippen MR) is 87.9 cm³/mol. The third kappa shape index (κ3) is 2.53. The molecule has 0 aliphatic rings. The second-order valence-corrected chi connectivity index (χ2v) is 4.93. The molecule has 0 aliphatic heterocycles. The molecule has 0 heterocycles. The van der Waals surface area contributed by atoms with Crippen molar-refractivity contribution >= 4 is 16.3 Å². The van der Waals surface area contributed by atoms with Gasteiger partial charge in [-0.15, -0.1) is 5.73 Å². The Hall–Kier alpha value is -2.60. The molecule has 0 saturated heterocycles. The summed E-state index contributed by atoms with van der Waals surface area (Å²) in [6.07, 6.45) is -0.740. The zero-order valence-corrected chi connectivity index (χ0v) is 11.7.